The zero-order valence-electron chi connectivity index (χ0n) is 19.6. The highest BCUT2D eigenvalue weighted by Crippen LogP contribution is 2.34. The van der Waals surface area contributed by atoms with Crippen molar-refractivity contribution in [2.45, 2.75) is 43.5 Å². The molecule has 188 valence electrons. The van der Waals surface area contributed by atoms with Gasteiger partial charge in [0.2, 0.25) is 0 Å². The maximum absolute atomic E-state index is 12.5. The number of aromatic nitrogens is 2. The van der Waals surface area contributed by atoms with Crippen LogP contribution in [0.1, 0.15) is 30.4 Å². The van der Waals surface area contributed by atoms with Crippen molar-refractivity contribution in [1.82, 2.24) is 14.5 Å². The van der Waals surface area contributed by atoms with Crippen molar-refractivity contribution in [3.63, 3.8) is 0 Å². The molecule has 0 bridgehead atoms. The number of para-hydroxylation sites is 2. The molecular weight excluding hydrogens is 490 g/mol. The third kappa shape index (κ3) is 7.13. The number of hydrogen-bond acceptors (Lipinski definition) is 5. The molecule has 0 fully saturated rings. The molecule has 3 aromatic rings. The molecule has 0 atom stereocenters. The lowest BCUT2D eigenvalue weighted by Crippen LogP contribution is -2.22. The van der Waals surface area contributed by atoms with Gasteiger partial charge in [0.05, 0.1) is 28.9 Å². The number of hydrogen-bond donors (Lipinski definition) is 3. The lowest BCUT2D eigenvalue weighted by molar-refractivity contribution is -0.143. The largest absolute Gasteiger partial charge is 0.481 e. The third-order valence-corrected chi connectivity index (χ3v) is 7.48. The summed E-state index contributed by atoms with van der Waals surface area (Å²) in [5, 5.41) is 20.1. The maximum atomic E-state index is 12.5. The number of aliphatic carboxylic acids is 2. The van der Waals surface area contributed by atoms with Crippen molar-refractivity contribution in [2.24, 2.45) is 7.05 Å². The summed E-state index contributed by atoms with van der Waals surface area (Å²) in [6.07, 6.45) is 2.42. The normalized spacial score (nSPS) is 13.0. The first kappa shape index (κ1) is 26.8. The summed E-state index contributed by atoms with van der Waals surface area (Å²) in [7, 11) is 1.84. The first-order valence-corrected chi connectivity index (χ1v) is 12.9. The van der Waals surface area contributed by atoms with Crippen LogP contribution in [-0.2, 0) is 36.0 Å². The Morgan fingerprint density at radius 2 is 1.69 bits per heavy atom. The Morgan fingerprint density at radius 1 is 1.03 bits per heavy atom. The van der Waals surface area contributed by atoms with E-state index in [1.807, 2.05) is 53.7 Å². The number of carboxylic acid groups (broad SMARTS) is 2. The summed E-state index contributed by atoms with van der Waals surface area (Å²) in [6, 6.07) is 12.2. The van der Waals surface area contributed by atoms with Gasteiger partial charge in [0.1, 0.15) is 0 Å². The first-order chi connectivity index (χ1) is 16.8. The number of carbonyl (C=O) groups is 2. The molecule has 3 N–H and O–H groups in total. The Bertz CT molecular complexity index is 1240. The highest BCUT2D eigenvalue weighted by atomic mass is 35.5. The predicted molar refractivity (Wildman–Crippen MR) is 139 cm³/mol. The van der Waals surface area contributed by atoms with Crippen LogP contribution >= 0.6 is 23.4 Å². The second kappa shape index (κ2) is 12.8. The van der Waals surface area contributed by atoms with Gasteiger partial charge in [-0.3, -0.25) is 18.7 Å². The standard InChI is InChI=1S/C21H24ClN3OS.C4H6O4/c1-24-18-5-2-3-6-19(18)25(21(24)26)13-4-14-27-20-16-10-12-23-11-9-15(16)7-8-17(20)22;5-3(6)1-2-4(7)8/h2-3,5-8,23H,4,9-14H2,1H3;1-2H2,(H,5,6)(H,7,8). The van der Waals surface area contributed by atoms with E-state index in [-0.39, 0.29) is 18.5 Å². The second-order valence-electron chi connectivity index (χ2n) is 8.24. The van der Waals surface area contributed by atoms with Gasteiger partial charge in [0.15, 0.2) is 0 Å². The van der Waals surface area contributed by atoms with Crippen LogP contribution in [0.15, 0.2) is 46.1 Å². The number of fused-ring (bicyclic) bond motifs is 2. The molecule has 2 aromatic carbocycles. The van der Waals surface area contributed by atoms with Crippen LogP contribution in [0.2, 0.25) is 5.02 Å². The van der Waals surface area contributed by atoms with Gasteiger partial charge in [-0.05, 0) is 67.4 Å². The fourth-order valence-electron chi connectivity index (χ4n) is 4.06. The zero-order valence-corrected chi connectivity index (χ0v) is 21.2. The Kier molecular flexibility index (Phi) is 9.83. The van der Waals surface area contributed by atoms with E-state index in [2.05, 4.69) is 11.4 Å². The van der Waals surface area contributed by atoms with Crippen molar-refractivity contribution >= 4 is 46.3 Å². The number of rotatable bonds is 8. The molecule has 10 heteroatoms. The van der Waals surface area contributed by atoms with Crippen LogP contribution in [0.4, 0.5) is 0 Å². The molecule has 0 unspecified atom stereocenters. The minimum Gasteiger partial charge on any atom is -0.481 e. The monoisotopic (exact) mass is 519 g/mol. The summed E-state index contributed by atoms with van der Waals surface area (Å²) < 4.78 is 3.61. The molecule has 0 saturated heterocycles. The predicted octanol–water partition coefficient (Wildman–Crippen LogP) is 3.80. The van der Waals surface area contributed by atoms with Crippen LogP contribution in [-0.4, -0.2) is 50.1 Å². The van der Waals surface area contributed by atoms with Crippen molar-refractivity contribution in [1.29, 1.82) is 0 Å². The van der Waals surface area contributed by atoms with E-state index in [4.69, 9.17) is 21.8 Å². The molecule has 4 rings (SSSR count). The molecule has 1 aliphatic rings. The summed E-state index contributed by atoms with van der Waals surface area (Å²) >= 11 is 8.34. The van der Waals surface area contributed by atoms with Crippen molar-refractivity contribution < 1.29 is 19.8 Å². The average Bonchev–Trinajstić information content (AvgIpc) is 2.98. The zero-order chi connectivity index (χ0) is 25.4. The van der Waals surface area contributed by atoms with Gasteiger partial charge >= 0.3 is 17.6 Å². The second-order valence-corrected chi connectivity index (χ2v) is 9.75. The van der Waals surface area contributed by atoms with E-state index in [0.29, 0.717) is 0 Å². The van der Waals surface area contributed by atoms with E-state index in [1.165, 1.54) is 16.0 Å². The molecule has 2 heterocycles. The van der Waals surface area contributed by atoms with Crippen LogP contribution in [0.5, 0.6) is 0 Å². The van der Waals surface area contributed by atoms with Crippen LogP contribution in [0, 0.1) is 0 Å². The van der Waals surface area contributed by atoms with Gasteiger partial charge in [-0.1, -0.05) is 29.8 Å². The number of benzene rings is 2. The van der Waals surface area contributed by atoms with E-state index >= 15 is 0 Å². The van der Waals surface area contributed by atoms with Gasteiger partial charge in [-0.15, -0.1) is 11.8 Å². The molecule has 0 saturated carbocycles. The van der Waals surface area contributed by atoms with Crippen LogP contribution in [0.25, 0.3) is 11.0 Å². The van der Waals surface area contributed by atoms with Crippen molar-refractivity contribution in [3.8, 4) is 0 Å². The number of carboxylic acids is 2. The Morgan fingerprint density at radius 3 is 2.37 bits per heavy atom. The topological polar surface area (TPSA) is 114 Å². The molecule has 1 aliphatic heterocycles. The van der Waals surface area contributed by atoms with Gasteiger partial charge in [-0.2, -0.15) is 0 Å². The SMILES string of the molecule is Cn1c(=O)n(CCCSc2c(Cl)ccc3c2CCNCC3)c2ccccc21.O=C(O)CCC(=O)O. The smallest absolute Gasteiger partial charge is 0.328 e. The molecular formula is C25H30ClN3O5S. The van der Waals surface area contributed by atoms with E-state index in [1.54, 1.807) is 4.57 Å². The average molecular weight is 520 g/mol. The Balaban J connectivity index is 0.000000371. The molecule has 8 nitrogen and oxygen atoms in total. The lowest BCUT2D eigenvalue weighted by atomic mass is 10.0. The van der Waals surface area contributed by atoms with Gasteiger partial charge in [-0.25, -0.2) is 4.79 Å². The molecule has 0 amide bonds. The maximum Gasteiger partial charge on any atom is 0.328 e. The Hall–Kier alpha value is -2.75. The van der Waals surface area contributed by atoms with Crippen molar-refractivity contribution in [3.05, 3.63) is 63.0 Å². The Labute approximate surface area is 212 Å². The minimum absolute atomic E-state index is 0.0545. The molecule has 1 aromatic heterocycles. The van der Waals surface area contributed by atoms with E-state index in [9.17, 15) is 14.4 Å². The molecule has 35 heavy (non-hydrogen) atoms. The summed E-state index contributed by atoms with van der Waals surface area (Å²) in [5.74, 6) is -1.21. The molecule has 0 spiro atoms. The summed E-state index contributed by atoms with van der Waals surface area (Å²) in [5.41, 5.74) is 4.86. The summed E-state index contributed by atoms with van der Waals surface area (Å²) in [4.78, 5) is 33.0. The highest BCUT2D eigenvalue weighted by molar-refractivity contribution is 7.99. The fourth-order valence-corrected chi connectivity index (χ4v) is 5.49. The summed E-state index contributed by atoms with van der Waals surface area (Å²) in [6.45, 7) is 2.76. The quantitative estimate of drug-likeness (QED) is 0.306. The van der Waals surface area contributed by atoms with Crippen molar-refractivity contribution in [2.75, 3.05) is 18.8 Å². The molecule has 0 radical (unpaired) electrons. The van der Waals surface area contributed by atoms with E-state index in [0.717, 1.165) is 60.7 Å². The van der Waals surface area contributed by atoms with Gasteiger partial charge in [0.25, 0.3) is 0 Å². The minimum atomic E-state index is -1.08. The fraction of sp³-hybridized carbons (Fsp3) is 0.400. The van der Waals surface area contributed by atoms with E-state index < -0.39 is 11.9 Å². The number of thioether (sulfide) groups is 1. The van der Waals surface area contributed by atoms with Crippen LogP contribution < -0.4 is 11.0 Å². The van der Waals surface area contributed by atoms with Gasteiger partial charge in [0, 0.05) is 18.5 Å². The number of halogens is 1. The highest BCUT2D eigenvalue weighted by Gasteiger charge is 2.15. The molecule has 0 aliphatic carbocycles. The number of nitrogens with zero attached hydrogens (tertiary/aromatic N) is 2. The third-order valence-electron chi connectivity index (χ3n) is 5.81. The van der Waals surface area contributed by atoms with Gasteiger partial charge < -0.3 is 15.5 Å². The number of nitrogens with one attached hydrogen (secondary N) is 1. The van der Waals surface area contributed by atoms with Crippen LogP contribution in [0.3, 0.4) is 0 Å². The lowest BCUT2D eigenvalue weighted by Gasteiger charge is -2.14. The number of aryl methyl sites for hydroxylation is 2. The first-order valence-electron chi connectivity index (χ1n) is 11.5. The number of imidazole rings is 1.